The standard InChI is InChI=1S/C20H28Cl2O4/c1-4-7-8-9-10-14-25-18(23)20(5-2,6-3)19(24)26-17-15(21)12-11-13-16(17)22/h11-13H,4-10,14H2,1-3H3. The molecule has 1 rings (SSSR count). The van der Waals surface area contributed by atoms with Crippen molar-refractivity contribution >= 4 is 35.1 Å². The van der Waals surface area contributed by atoms with Crippen molar-refractivity contribution < 1.29 is 19.1 Å². The van der Waals surface area contributed by atoms with Gasteiger partial charge >= 0.3 is 11.9 Å². The summed E-state index contributed by atoms with van der Waals surface area (Å²) in [5, 5.41) is 0.437. The van der Waals surface area contributed by atoms with Crippen LogP contribution in [0.25, 0.3) is 0 Å². The smallest absolute Gasteiger partial charge is 0.328 e. The number of halogens is 2. The highest BCUT2D eigenvalue weighted by molar-refractivity contribution is 6.37. The minimum atomic E-state index is -1.36. The van der Waals surface area contributed by atoms with Gasteiger partial charge in [-0.15, -0.1) is 0 Å². The maximum absolute atomic E-state index is 12.8. The van der Waals surface area contributed by atoms with E-state index in [2.05, 4.69) is 6.92 Å². The summed E-state index contributed by atoms with van der Waals surface area (Å²) in [6.45, 7) is 5.99. The van der Waals surface area contributed by atoms with Gasteiger partial charge in [-0.1, -0.05) is 75.7 Å². The number of para-hydroxylation sites is 1. The van der Waals surface area contributed by atoms with Gasteiger partial charge in [-0.05, 0) is 31.4 Å². The molecule has 0 unspecified atom stereocenters. The van der Waals surface area contributed by atoms with Gasteiger partial charge in [0.2, 0.25) is 0 Å². The van der Waals surface area contributed by atoms with Gasteiger partial charge in [-0.25, -0.2) is 0 Å². The zero-order valence-corrected chi connectivity index (χ0v) is 17.3. The summed E-state index contributed by atoms with van der Waals surface area (Å²) < 4.78 is 10.8. The van der Waals surface area contributed by atoms with Crippen molar-refractivity contribution in [1.29, 1.82) is 0 Å². The van der Waals surface area contributed by atoms with E-state index in [-0.39, 0.29) is 28.6 Å². The summed E-state index contributed by atoms with van der Waals surface area (Å²) in [6, 6.07) is 4.80. The van der Waals surface area contributed by atoms with E-state index in [1.54, 1.807) is 32.0 Å². The Balaban J connectivity index is 2.77. The zero-order chi connectivity index (χ0) is 19.6. The van der Waals surface area contributed by atoms with E-state index >= 15 is 0 Å². The van der Waals surface area contributed by atoms with Crippen LogP contribution in [-0.4, -0.2) is 18.5 Å². The van der Waals surface area contributed by atoms with Crippen LogP contribution in [-0.2, 0) is 14.3 Å². The summed E-state index contributed by atoms with van der Waals surface area (Å²) >= 11 is 12.1. The van der Waals surface area contributed by atoms with E-state index in [1.165, 1.54) is 6.42 Å². The van der Waals surface area contributed by atoms with Crippen molar-refractivity contribution in [3.63, 3.8) is 0 Å². The number of rotatable bonds is 11. The molecule has 0 bridgehead atoms. The van der Waals surface area contributed by atoms with Gasteiger partial charge in [0.1, 0.15) is 0 Å². The van der Waals surface area contributed by atoms with Crippen LogP contribution >= 0.6 is 23.2 Å². The van der Waals surface area contributed by atoms with E-state index < -0.39 is 17.4 Å². The lowest BCUT2D eigenvalue weighted by atomic mass is 9.82. The first kappa shape index (κ1) is 22.8. The highest BCUT2D eigenvalue weighted by Crippen LogP contribution is 2.36. The number of ether oxygens (including phenoxy) is 2. The number of esters is 2. The SMILES string of the molecule is CCCCCCCOC(=O)C(CC)(CC)C(=O)Oc1c(Cl)cccc1Cl. The van der Waals surface area contributed by atoms with E-state index in [4.69, 9.17) is 32.7 Å². The minimum Gasteiger partial charge on any atom is -0.465 e. The first-order valence-electron chi connectivity index (χ1n) is 9.26. The Bertz CT molecular complexity index is 577. The Kier molecular flexibility index (Phi) is 10.0. The van der Waals surface area contributed by atoms with Gasteiger partial charge in [0, 0.05) is 0 Å². The van der Waals surface area contributed by atoms with Crippen LogP contribution in [0.5, 0.6) is 5.75 Å². The van der Waals surface area contributed by atoms with Crippen molar-refractivity contribution in [3.8, 4) is 5.75 Å². The number of benzene rings is 1. The monoisotopic (exact) mass is 402 g/mol. The normalized spacial score (nSPS) is 11.3. The van der Waals surface area contributed by atoms with Crippen LogP contribution in [0.3, 0.4) is 0 Å². The average molecular weight is 403 g/mol. The molecule has 4 nitrogen and oxygen atoms in total. The lowest BCUT2D eigenvalue weighted by Gasteiger charge is -2.27. The van der Waals surface area contributed by atoms with Crippen molar-refractivity contribution in [2.75, 3.05) is 6.61 Å². The first-order chi connectivity index (χ1) is 12.4. The third-order valence-electron chi connectivity index (χ3n) is 4.58. The van der Waals surface area contributed by atoms with Crippen molar-refractivity contribution in [2.45, 2.75) is 65.7 Å². The van der Waals surface area contributed by atoms with Crippen LogP contribution < -0.4 is 4.74 Å². The lowest BCUT2D eigenvalue weighted by Crippen LogP contribution is -2.42. The predicted octanol–water partition coefficient (Wildman–Crippen LogP) is 6.22. The highest BCUT2D eigenvalue weighted by Gasteiger charge is 2.46. The second kappa shape index (κ2) is 11.5. The molecule has 0 aliphatic rings. The molecule has 1 aromatic rings. The largest absolute Gasteiger partial charge is 0.465 e. The molecule has 0 aliphatic carbocycles. The zero-order valence-electron chi connectivity index (χ0n) is 15.8. The second-order valence-electron chi connectivity index (χ2n) is 6.28. The predicted molar refractivity (Wildman–Crippen MR) is 105 cm³/mol. The molecule has 0 saturated carbocycles. The van der Waals surface area contributed by atoms with Crippen LogP contribution in [0.2, 0.25) is 10.0 Å². The van der Waals surface area contributed by atoms with E-state index in [0.29, 0.717) is 6.61 Å². The molecule has 0 N–H and O–H groups in total. The molecule has 0 saturated heterocycles. The first-order valence-corrected chi connectivity index (χ1v) is 10.0. The van der Waals surface area contributed by atoms with E-state index in [0.717, 1.165) is 25.7 Å². The molecule has 0 amide bonds. The average Bonchev–Trinajstić information content (AvgIpc) is 2.62. The molecular formula is C20H28Cl2O4. The molecular weight excluding hydrogens is 375 g/mol. The van der Waals surface area contributed by atoms with Crippen molar-refractivity contribution in [3.05, 3.63) is 28.2 Å². The van der Waals surface area contributed by atoms with Crippen LogP contribution in [0, 0.1) is 5.41 Å². The fourth-order valence-corrected chi connectivity index (χ4v) is 3.16. The Morgan fingerprint density at radius 1 is 0.923 bits per heavy atom. The molecule has 6 heteroatoms. The van der Waals surface area contributed by atoms with E-state index in [1.807, 2.05) is 0 Å². The van der Waals surface area contributed by atoms with Crippen molar-refractivity contribution in [2.24, 2.45) is 5.41 Å². The third kappa shape index (κ3) is 5.88. The molecule has 0 atom stereocenters. The molecule has 0 heterocycles. The third-order valence-corrected chi connectivity index (χ3v) is 5.18. The Labute approximate surface area is 166 Å². The number of carbonyl (C=O) groups excluding carboxylic acids is 2. The molecule has 0 radical (unpaired) electrons. The topological polar surface area (TPSA) is 52.6 Å². The van der Waals surface area contributed by atoms with Crippen LogP contribution in [0.15, 0.2) is 18.2 Å². The number of carbonyl (C=O) groups is 2. The Morgan fingerprint density at radius 2 is 1.50 bits per heavy atom. The summed E-state index contributed by atoms with van der Waals surface area (Å²) in [5.41, 5.74) is -1.36. The molecule has 0 aromatic heterocycles. The molecule has 146 valence electrons. The summed E-state index contributed by atoms with van der Waals surface area (Å²) in [4.78, 5) is 25.4. The fourth-order valence-electron chi connectivity index (χ4n) is 2.69. The molecule has 0 spiro atoms. The molecule has 1 aromatic carbocycles. The summed E-state index contributed by atoms with van der Waals surface area (Å²) in [5.74, 6) is -1.17. The lowest BCUT2D eigenvalue weighted by molar-refractivity contribution is -0.168. The van der Waals surface area contributed by atoms with Crippen LogP contribution in [0.4, 0.5) is 0 Å². The van der Waals surface area contributed by atoms with Crippen LogP contribution in [0.1, 0.15) is 65.7 Å². The number of hydrogen-bond acceptors (Lipinski definition) is 4. The number of hydrogen-bond donors (Lipinski definition) is 0. The quantitative estimate of drug-likeness (QED) is 0.191. The Morgan fingerprint density at radius 3 is 2.04 bits per heavy atom. The maximum Gasteiger partial charge on any atom is 0.328 e. The van der Waals surface area contributed by atoms with Gasteiger partial charge < -0.3 is 9.47 Å². The van der Waals surface area contributed by atoms with Gasteiger partial charge in [-0.3, -0.25) is 9.59 Å². The fraction of sp³-hybridized carbons (Fsp3) is 0.600. The van der Waals surface area contributed by atoms with Gasteiger partial charge in [-0.2, -0.15) is 0 Å². The summed E-state index contributed by atoms with van der Waals surface area (Å²) in [6.07, 6.45) is 5.80. The summed E-state index contributed by atoms with van der Waals surface area (Å²) in [7, 11) is 0. The van der Waals surface area contributed by atoms with E-state index in [9.17, 15) is 9.59 Å². The van der Waals surface area contributed by atoms with Gasteiger partial charge in [0.05, 0.1) is 16.7 Å². The minimum absolute atomic E-state index is 0.0690. The second-order valence-corrected chi connectivity index (χ2v) is 7.09. The molecule has 26 heavy (non-hydrogen) atoms. The van der Waals surface area contributed by atoms with Crippen molar-refractivity contribution in [1.82, 2.24) is 0 Å². The van der Waals surface area contributed by atoms with Gasteiger partial charge in [0.25, 0.3) is 0 Å². The van der Waals surface area contributed by atoms with Gasteiger partial charge in [0.15, 0.2) is 11.2 Å². The molecule has 0 aliphatic heterocycles. The number of unbranched alkanes of at least 4 members (excludes halogenated alkanes) is 4. The highest BCUT2D eigenvalue weighted by atomic mass is 35.5. The Hall–Kier alpha value is -1.26. The molecule has 0 fully saturated rings. The maximum atomic E-state index is 12.8.